The molecule has 0 aliphatic carbocycles. The fraction of sp³-hybridized carbons (Fsp3) is 0.571. The minimum absolute atomic E-state index is 0.179. The van der Waals surface area contributed by atoms with Crippen LogP contribution >= 0.6 is 0 Å². The van der Waals surface area contributed by atoms with Gasteiger partial charge in [-0.3, -0.25) is 14.5 Å². The third-order valence-corrected chi connectivity index (χ3v) is 3.46. The number of carbonyl (C=O) groups excluding carboxylic acids is 2. The average molecular weight is 294 g/mol. The quantitative estimate of drug-likeness (QED) is 0.653. The van der Waals surface area contributed by atoms with E-state index < -0.39 is 6.04 Å². The maximum Gasteiger partial charge on any atom is 0.255 e. The second-order valence-corrected chi connectivity index (χ2v) is 5.09. The first-order chi connectivity index (χ1) is 10.2. The van der Waals surface area contributed by atoms with Gasteiger partial charge in [0.05, 0.1) is 11.8 Å². The van der Waals surface area contributed by atoms with Gasteiger partial charge < -0.3 is 20.4 Å². The normalized spacial score (nSPS) is 17.2. The molecule has 1 aliphatic rings. The Balaban J connectivity index is 1.66. The zero-order valence-corrected chi connectivity index (χ0v) is 12.2. The lowest BCUT2D eigenvalue weighted by Crippen LogP contribution is -2.49. The molecule has 0 radical (unpaired) electrons. The van der Waals surface area contributed by atoms with Crippen molar-refractivity contribution in [3.63, 3.8) is 0 Å². The molecule has 7 heteroatoms. The number of hydrogen-bond acceptors (Lipinski definition) is 5. The van der Waals surface area contributed by atoms with Gasteiger partial charge in [0.15, 0.2) is 0 Å². The second kappa shape index (κ2) is 7.80. The highest BCUT2D eigenvalue weighted by Crippen LogP contribution is 2.00. The number of amides is 2. The van der Waals surface area contributed by atoms with Crippen molar-refractivity contribution in [2.75, 3.05) is 39.3 Å². The Labute approximate surface area is 124 Å². The number of rotatable bonds is 6. The van der Waals surface area contributed by atoms with Crippen molar-refractivity contribution < 1.29 is 14.0 Å². The summed E-state index contributed by atoms with van der Waals surface area (Å²) in [5.74, 6) is -0.490. The lowest BCUT2D eigenvalue weighted by atomic mass is 10.2. The van der Waals surface area contributed by atoms with E-state index >= 15 is 0 Å². The Kier molecular flexibility index (Phi) is 5.77. The summed E-state index contributed by atoms with van der Waals surface area (Å²) in [6.45, 7) is 7.07. The van der Waals surface area contributed by atoms with E-state index in [-0.39, 0.29) is 11.8 Å². The average Bonchev–Trinajstić information content (AvgIpc) is 3.02. The van der Waals surface area contributed by atoms with Crippen molar-refractivity contribution in [1.82, 2.24) is 20.9 Å². The van der Waals surface area contributed by atoms with E-state index in [0.717, 1.165) is 32.7 Å². The Bertz CT molecular complexity index is 455. The molecule has 7 nitrogen and oxygen atoms in total. The van der Waals surface area contributed by atoms with Gasteiger partial charge in [-0.1, -0.05) is 0 Å². The van der Waals surface area contributed by atoms with E-state index in [1.165, 1.54) is 12.5 Å². The summed E-state index contributed by atoms with van der Waals surface area (Å²) in [6.07, 6.45) is 2.78. The molecule has 0 bridgehead atoms. The van der Waals surface area contributed by atoms with E-state index in [1.54, 1.807) is 13.0 Å². The van der Waals surface area contributed by atoms with Crippen LogP contribution in [0.15, 0.2) is 23.0 Å². The van der Waals surface area contributed by atoms with Crippen LogP contribution in [0.25, 0.3) is 0 Å². The van der Waals surface area contributed by atoms with Gasteiger partial charge in [-0.05, 0) is 13.0 Å². The molecule has 1 aromatic heterocycles. The molecule has 2 amide bonds. The molecular formula is C14H22N4O3. The molecular weight excluding hydrogens is 272 g/mol. The topological polar surface area (TPSA) is 86.6 Å². The minimum atomic E-state index is -0.574. The molecule has 1 atom stereocenters. The standard InChI is InChI=1S/C14H22N4O3/c1-11(17-14(20)12-2-9-21-10-12)13(19)16-5-8-18-6-3-15-4-7-18/h2,9-11,15H,3-8H2,1H3,(H,16,19)(H,17,20). The summed E-state index contributed by atoms with van der Waals surface area (Å²) in [6, 6.07) is 0.986. The van der Waals surface area contributed by atoms with Crippen molar-refractivity contribution in [2.24, 2.45) is 0 Å². The number of furan rings is 1. The van der Waals surface area contributed by atoms with E-state index in [9.17, 15) is 9.59 Å². The lowest BCUT2D eigenvalue weighted by molar-refractivity contribution is -0.122. The first-order valence-electron chi connectivity index (χ1n) is 7.20. The number of hydrogen-bond donors (Lipinski definition) is 3. The van der Waals surface area contributed by atoms with Crippen LogP contribution in [0.3, 0.4) is 0 Å². The highest BCUT2D eigenvalue weighted by Gasteiger charge is 2.17. The molecule has 2 heterocycles. The molecule has 1 aliphatic heterocycles. The molecule has 1 unspecified atom stereocenters. The minimum Gasteiger partial charge on any atom is -0.472 e. The Morgan fingerprint density at radius 3 is 2.86 bits per heavy atom. The first-order valence-corrected chi connectivity index (χ1v) is 7.20. The summed E-state index contributed by atoms with van der Waals surface area (Å²) in [7, 11) is 0. The summed E-state index contributed by atoms with van der Waals surface area (Å²) in [4.78, 5) is 26.0. The molecule has 0 saturated carbocycles. The Hall–Kier alpha value is -1.86. The van der Waals surface area contributed by atoms with Crippen molar-refractivity contribution in [2.45, 2.75) is 13.0 Å². The summed E-state index contributed by atoms with van der Waals surface area (Å²) < 4.78 is 4.84. The van der Waals surface area contributed by atoms with Crippen LogP contribution in [-0.4, -0.2) is 62.0 Å². The third-order valence-electron chi connectivity index (χ3n) is 3.46. The predicted molar refractivity (Wildman–Crippen MR) is 78.0 cm³/mol. The fourth-order valence-electron chi connectivity index (χ4n) is 2.16. The lowest BCUT2D eigenvalue weighted by Gasteiger charge is -2.27. The van der Waals surface area contributed by atoms with Crippen LogP contribution in [0, 0.1) is 0 Å². The van der Waals surface area contributed by atoms with E-state index in [4.69, 9.17) is 4.42 Å². The third kappa shape index (κ3) is 4.87. The zero-order valence-electron chi connectivity index (χ0n) is 12.2. The van der Waals surface area contributed by atoms with Crippen molar-refractivity contribution in [3.8, 4) is 0 Å². The molecule has 0 aromatic carbocycles. The van der Waals surface area contributed by atoms with Gasteiger partial charge in [0.2, 0.25) is 5.91 Å². The molecule has 3 N–H and O–H groups in total. The van der Waals surface area contributed by atoms with Gasteiger partial charge in [-0.25, -0.2) is 0 Å². The summed E-state index contributed by atoms with van der Waals surface area (Å²) >= 11 is 0. The van der Waals surface area contributed by atoms with Gasteiger partial charge >= 0.3 is 0 Å². The maximum absolute atomic E-state index is 11.9. The number of nitrogens with zero attached hydrogens (tertiary/aromatic N) is 1. The molecule has 21 heavy (non-hydrogen) atoms. The van der Waals surface area contributed by atoms with Crippen molar-refractivity contribution in [1.29, 1.82) is 0 Å². The molecule has 1 aromatic rings. The smallest absolute Gasteiger partial charge is 0.255 e. The molecule has 2 rings (SSSR count). The largest absolute Gasteiger partial charge is 0.472 e. The Morgan fingerprint density at radius 2 is 2.19 bits per heavy atom. The number of nitrogens with one attached hydrogen (secondary N) is 3. The van der Waals surface area contributed by atoms with Crippen LogP contribution < -0.4 is 16.0 Å². The molecule has 1 saturated heterocycles. The maximum atomic E-state index is 11.9. The number of carbonyl (C=O) groups is 2. The van der Waals surface area contributed by atoms with Crippen LogP contribution in [0.2, 0.25) is 0 Å². The highest BCUT2D eigenvalue weighted by atomic mass is 16.3. The molecule has 0 spiro atoms. The zero-order chi connectivity index (χ0) is 15.1. The van der Waals surface area contributed by atoms with Crippen LogP contribution in [0.5, 0.6) is 0 Å². The van der Waals surface area contributed by atoms with E-state index in [2.05, 4.69) is 20.9 Å². The van der Waals surface area contributed by atoms with E-state index in [1.807, 2.05) is 0 Å². The van der Waals surface area contributed by atoms with Crippen molar-refractivity contribution in [3.05, 3.63) is 24.2 Å². The van der Waals surface area contributed by atoms with Crippen molar-refractivity contribution >= 4 is 11.8 Å². The van der Waals surface area contributed by atoms with Gasteiger partial charge in [-0.2, -0.15) is 0 Å². The number of piperazine rings is 1. The molecule has 1 fully saturated rings. The fourth-order valence-corrected chi connectivity index (χ4v) is 2.16. The van der Waals surface area contributed by atoms with Gasteiger partial charge in [0.25, 0.3) is 5.91 Å². The Morgan fingerprint density at radius 1 is 1.43 bits per heavy atom. The van der Waals surface area contributed by atoms with Gasteiger partial charge in [0.1, 0.15) is 12.3 Å². The van der Waals surface area contributed by atoms with Crippen LogP contribution in [0.4, 0.5) is 0 Å². The second-order valence-electron chi connectivity index (χ2n) is 5.09. The van der Waals surface area contributed by atoms with Gasteiger partial charge in [0, 0.05) is 39.3 Å². The summed E-state index contributed by atoms with van der Waals surface area (Å²) in [5, 5.41) is 8.76. The van der Waals surface area contributed by atoms with Gasteiger partial charge in [-0.15, -0.1) is 0 Å². The predicted octanol–water partition coefficient (Wildman–Crippen LogP) is -0.581. The monoisotopic (exact) mass is 294 g/mol. The molecule has 116 valence electrons. The van der Waals surface area contributed by atoms with E-state index in [0.29, 0.717) is 12.1 Å². The van der Waals surface area contributed by atoms with Crippen LogP contribution in [-0.2, 0) is 4.79 Å². The SMILES string of the molecule is CC(NC(=O)c1ccoc1)C(=O)NCCN1CCNCC1. The highest BCUT2D eigenvalue weighted by molar-refractivity contribution is 5.97. The first kappa shape index (κ1) is 15.5. The van der Waals surface area contributed by atoms with Crippen LogP contribution in [0.1, 0.15) is 17.3 Å². The summed E-state index contributed by atoms with van der Waals surface area (Å²) in [5.41, 5.74) is 0.412.